The van der Waals surface area contributed by atoms with Crippen LogP contribution in [0.4, 0.5) is 5.69 Å². The van der Waals surface area contributed by atoms with Gasteiger partial charge in [0.15, 0.2) is 11.0 Å². The number of rotatable bonds is 7. The second kappa shape index (κ2) is 8.94. The van der Waals surface area contributed by atoms with E-state index >= 15 is 0 Å². The number of nitro benzene ring substituents is 1. The predicted octanol–water partition coefficient (Wildman–Crippen LogP) is 4.98. The number of aromatic nitrogens is 3. The predicted molar refractivity (Wildman–Crippen MR) is 112 cm³/mol. The van der Waals surface area contributed by atoms with Crippen LogP contribution in [0.2, 0.25) is 5.02 Å². The Morgan fingerprint density at radius 3 is 2.59 bits per heavy atom. The minimum absolute atomic E-state index is 0.0521. The molecule has 9 heteroatoms. The monoisotopic (exact) mass is 430 g/mol. The molecule has 1 saturated heterocycles. The van der Waals surface area contributed by atoms with E-state index in [1.807, 2.05) is 24.3 Å². The zero-order valence-electron chi connectivity index (χ0n) is 15.5. The molecule has 1 unspecified atom stereocenters. The highest BCUT2D eigenvalue weighted by Crippen LogP contribution is 2.29. The molecule has 0 aliphatic carbocycles. The Kier molecular flexibility index (Phi) is 6.13. The first-order valence-corrected chi connectivity index (χ1v) is 10.6. The van der Waals surface area contributed by atoms with Gasteiger partial charge in [-0.05, 0) is 42.7 Å². The molecular weight excluding hydrogens is 412 g/mol. The van der Waals surface area contributed by atoms with Crippen LogP contribution >= 0.6 is 23.4 Å². The number of nitro groups is 1. The molecule has 150 valence electrons. The number of non-ortho nitro benzene ring substituents is 1. The highest BCUT2D eigenvalue weighted by atomic mass is 35.5. The SMILES string of the molecule is O=[N+]([O-])c1ccc(-c2nnc(SCc3ccc(Cl)cc3)n2CC2CCCO2)cc1. The van der Waals surface area contributed by atoms with Crippen LogP contribution in [0, 0.1) is 10.1 Å². The van der Waals surface area contributed by atoms with Crippen molar-refractivity contribution in [1.82, 2.24) is 14.8 Å². The van der Waals surface area contributed by atoms with Gasteiger partial charge in [0.25, 0.3) is 5.69 Å². The number of hydrogen-bond donors (Lipinski definition) is 0. The van der Waals surface area contributed by atoms with E-state index in [1.54, 1.807) is 23.9 Å². The fourth-order valence-electron chi connectivity index (χ4n) is 3.23. The number of halogens is 1. The van der Waals surface area contributed by atoms with Crippen LogP contribution in [0.5, 0.6) is 0 Å². The molecule has 3 aromatic rings. The second-order valence-corrected chi connectivity index (χ2v) is 8.15. The molecule has 0 bridgehead atoms. The molecule has 4 rings (SSSR count). The first kappa shape index (κ1) is 19.9. The van der Waals surface area contributed by atoms with E-state index in [-0.39, 0.29) is 11.8 Å². The summed E-state index contributed by atoms with van der Waals surface area (Å²) in [6, 6.07) is 14.1. The van der Waals surface area contributed by atoms with Crippen molar-refractivity contribution < 1.29 is 9.66 Å². The maximum atomic E-state index is 10.9. The van der Waals surface area contributed by atoms with Crippen LogP contribution in [0.15, 0.2) is 53.7 Å². The molecule has 0 saturated carbocycles. The van der Waals surface area contributed by atoms with E-state index in [1.165, 1.54) is 12.1 Å². The summed E-state index contributed by atoms with van der Waals surface area (Å²) >= 11 is 7.56. The van der Waals surface area contributed by atoms with Gasteiger partial charge >= 0.3 is 0 Å². The Morgan fingerprint density at radius 2 is 1.93 bits per heavy atom. The topological polar surface area (TPSA) is 83.1 Å². The molecule has 0 radical (unpaired) electrons. The molecule has 0 amide bonds. The van der Waals surface area contributed by atoms with E-state index in [2.05, 4.69) is 14.8 Å². The van der Waals surface area contributed by atoms with Crippen molar-refractivity contribution in [3.63, 3.8) is 0 Å². The zero-order valence-corrected chi connectivity index (χ0v) is 17.1. The number of thioether (sulfide) groups is 1. The Labute approximate surface area is 177 Å². The van der Waals surface area contributed by atoms with E-state index in [0.717, 1.165) is 41.5 Å². The van der Waals surface area contributed by atoms with E-state index < -0.39 is 4.92 Å². The summed E-state index contributed by atoms with van der Waals surface area (Å²) in [5, 5.41) is 21.2. The van der Waals surface area contributed by atoms with Crippen molar-refractivity contribution in [2.75, 3.05) is 6.61 Å². The van der Waals surface area contributed by atoms with E-state index in [0.29, 0.717) is 17.4 Å². The van der Waals surface area contributed by atoms with Gasteiger partial charge in [0.2, 0.25) is 0 Å². The highest BCUT2D eigenvalue weighted by Gasteiger charge is 2.22. The van der Waals surface area contributed by atoms with Crippen LogP contribution in [-0.4, -0.2) is 32.4 Å². The van der Waals surface area contributed by atoms with Crippen LogP contribution < -0.4 is 0 Å². The maximum absolute atomic E-state index is 10.9. The van der Waals surface area contributed by atoms with Gasteiger partial charge in [-0.25, -0.2) is 0 Å². The smallest absolute Gasteiger partial charge is 0.269 e. The Morgan fingerprint density at radius 1 is 1.17 bits per heavy atom. The molecule has 0 N–H and O–H groups in total. The van der Waals surface area contributed by atoms with Gasteiger partial charge in [-0.2, -0.15) is 0 Å². The highest BCUT2D eigenvalue weighted by molar-refractivity contribution is 7.98. The average molecular weight is 431 g/mol. The molecular formula is C20H19ClN4O3S. The van der Waals surface area contributed by atoms with Crippen molar-refractivity contribution in [3.05, 3.63) is 69.2 Å². The van der Waals surface area contributed by atoms with Crippen molar-refractivity contribution in [2.24, 2.45) is 0 Å². The molecule has 1 aromatic heterocycles. The lowest BCUT2D eigenvalue weighted by Crippen LogP contribution is -2.16. The maximum Gasteiger partial charge on any atom is 0.269 e. The molecule has 0 spiro atoms. The summed E-state index contributed by atoms with van der Waals surface area (Å²) in [5.41, 5.74) is 1.98. The largest absolute Gasteiger partial charge is 0.376 e. The molecule has 2 heterocycles. The fourth-order valence-corrected chi connectivity index (χ4v) is 4.26. The van der Waals surface area contributed by atoms with Crippen LogP contribution in [0.25, 0.3) is 11.4 Å². The molecule has 1 fully saturated rings. The van der Waals surface area contributed by atoms with Gasteiger partial charge < -0.3 is 4.74 Å². The summed E-state index contributed by atoms with van der Waals surface area (Å²) in [4.78, 5) is 10.5. The lowest BCUT2D eigenvalue weighted by molar-refractivity contribution is -0.384. The first-order valence-electron chi connectivity index (χ1n) is 9.27. The average Bonchev–Trinajstić information content (AvgIpc) is 3.38. The van der Waals surface area contributed by atoms with Gasteiger partial charge in [0.05, 0.1) is 17.6 Å². The minimum atomic E-state index is -0.408. The number of benzene rings is 2. The number of hydrogen-bond acceptors (Lipinski definition) is 6. The third kappa shape index (κ3) is 4.77. The van der Waals surface area contributed by atoms with Crippen molar-refractivity contribution >= 4 is 29.1 Å². The third-order valence-corrected chi connectivity index (χ3v) is 6.03. The quantitative estimate of drug-likeness (QED) is 0.298. The van der Waals surface area contributed by atoms with Crippen molar-refractivity contribution in [2.45, 2.75) is 36.4 Å². The van der Waals surface area contributed by atoms with Gasteiger partial charge in [0, 0.05) is 35.1 Å². The Bertz CT molecular complexity index is 986. The van der Waals surface area contributed by atoms with Crippen LogP contribution in [0.1, 0.15) is 18.4 Å². The third-order valence-electron chi connectivity index (χ3n) is 4.74. The lowest BCUT2D eigenvalue weighted by Gasteiger charge is -2.14. The van der Waals surface area contributed by atoms with Gasteiger partial charge in [-0.15, -0.1) is 10.2 Å². The molecule has 1 aliphatic rings. The first-order chi connectivity index (χ1) is 14.1. The molecule has 2 aromatic carbocycles. The van der Waals surface area contributed by atoms with Gasteiger partial charge in [-0.3, -0.25) is 14.7 Å². The normalized spacial score (nSPS) is 16.2. The summed E-state index contributed by atoms with van der Waals surface area (Å²) < 4.78 is 7.86. The second-order valence-electron chi connectivity index (χ2n) is 6.77. The Balaban J connectivity index is 1.60. The van der Waals surface area contributed by atoms with E-state index in [4.69, 9.17) is 16.3 Å². The van der Waals surface area contributed by atoms with Crippen molar-refractivity contribution in [1.29, 1.82) is 0 Å². The summed E-state index contributed by atoms with van der Waals surface area (Å²) in [6.45, 7) is 1.43. The molecule has 29 heavy (non-hydrogen) atoms. The summed E-state index contributed by atoms with van der Waals surface area (Å²) in [5.74, 6) is 1.43. The van der Waals surface area contributed by atoms with Crippen LogP contribution in [0.3, 0.4) is 0 Å². The molecule has 1 atom stereocenters. The fraction of sp³-hybridized carbons (Fsp3) is 0.300. The number of nitrogens with zero attached hydrogens (tertiary/aromatic N) is 4. The number of ether oxygens (including phenoxy) is 1. The van der Waals surface area contributed by atoms with Gasteiger partial charge in [-0.1, -0.05) is 35.5 Å². The molecule has 7 nitrogen and oxygen atoms in total. The zero-order chi connectivity index (χ0) is 20.2. The van der Waals surface area contributed by atoms with E-state index in [9.17, 15) is 10.1 Å². The summed E-state index contributed by atoms with van der Waals surface area (Å²) in [7, 11) is 0. The van der Waals surface area contributed by atoms with Crippen LogP contribution in [-0.2, 0) is 17.0 Å². The minimum Gasteiger partial charge on any atom is -0.376 e. The standard InChI is InChI=1S/C20H19ClN4O3S/c21-16-7-3-14(4-8-16)13-29-20-23-22-19(24(20)12-18-2-1-11-28-18)15-5-9-17(10-6-15)25(26)27/h3-10,18H,1-2,11-13H2. The van der Waals surface area contributed by atoms with Crippen molar-refractivity contribution in [3.8, 4) is 11.4 Å². The Hall–Kier alpha value is -2.42. The summed E-state index contributed by atoms with van der Waals surface area (Å²) in [6.07, 6.45) is 2.17. The molecule has 1 aliphatic heterocycles. The lowest BCUT2D eigenvalue weighted by atomic mass is 10.2. The van der Waals surface area contributed by atoms with Gasteiger partial charge in [0.1, 0.15) is 0 Å².